The van der Waals surface area contributed by atoms with Gasteiger partial charge in [-0.3, -0.25) is 9.78 Å². The number of benzene rings is 2. The number of pyridine rings is 1. The number of carbonyl (C=O) groups excluding carboxylic acids is 1. The van der Waals surface area contributed by atoms with Crippen LogP contribution in [0, 0.1) is 6.92 Å². The largest absolute Gasteiger partial charge is 0.355 e. The fourth-order valence-corrected chi connectivity index (χ4v) is 2.54. The van der Waals surface area contributed by atoms with Crippen LogP contribution in [0.3, 0.4) is 0 Å². The molecule has 0 unspecified atom stereocenters. The maximum atomic E-state index is 11.7. The monoisotopic (exact) mass is 276 g/mol. The zero-order valence-corrected chi connectivity index (χ0v) is 12.1. The van der Waals surface area contributed by atoms with Crippen molar-refractivity contribution in [3.63, 3.8) is 0 Å². The summed E-state index contributed by atoms with van der Waals surface area (Å²) in [4.78, 5) is 16.1. The standard InChI is InChI=1S/C18H16N2O/c1-12-5-3-4-6-14(12)15-9-10-20-17-11-13(18(21)19-2)7-8-16(15)17/h3-11H,1-2H3,(H,19,21). The van der Waals surface area contributed by atoms with E-state index < -0.39 is 0 Å². The number of nitrogens with one attached hydrogen (secondary N) is 1. The van der Waals surface area contributed by atoms with Crippen molar-refractivity contribution in [2.75, 3.05) is 7.05 Å². The number of aromatic nitrogens is 1. The van der Waals surface area contributed by atoms with Gasteiger partial charge in [0.15, 0.2) is 0 Å². The van der Waals surface area contributed by atoms with Gasteiger partial charge < -0.3 is 5.32 Å². The lowest BCUT2D eigenvalue weighted by molar-refractivity contribution is 0.0963. The van der Waals surface area contributed by atoms with Crippen LogP contribution in [0.15, 0.2) is 54.7 Å². The van der Waals surface area contributed by atoms with E-state index in [4.69, 9.17) is 0 Å². The van der Waals surface area contributed by atoms with E-state index in [0.717, 1.165) is 16.5 Å². The van der Waals surface area contributed by atoms with Crippen molar-refractivity contribution in [2.24, 2.45) is 0 Å². The summed E-state index contributed by atoms with van der Waals surface area (Å²) in [5.74, 6) is -0.0972. The minimum atomic E-state index is -0.0972. The van der Waals surface area contributed by atoms with E-state index >= 15 is 0 Å². The summed E-state index contributed by atoms with van der Waals surface area (Å²) < 4.78 is 0. The maximum Gasteiger partial charge on any atom is 0.251 e. The molecule has 0 saturated heterocycles. The molecule has 1 aromatic heterocycles. The number of hydrogen-bond acceptors (Lipinski definition) is 2. The minimum absolute atomic E-state index is 0.0972. The molecule has 0 saturated carbocycles. The van der Waals surface area contributed by atoms with E-state index in [1.807, 2.05) is 36.4 Å². The molecule has 3 nitrogen and oxygen atoms in total. The van der Waals surface area contributed by atoms with Crippen molar-refractivity contribution in [2.45, 2.75) is 6.92 Å². The van der Waals surface area contributed by atoms with E-state index in [9.17, 15) is 4.79 Å². The van der Waals surface area contributed by atoms with Crippen molar-refractivity contribution in [3.8, 4) is 11.1 Å². The van der Waals surface area contributed by atoms with Gasteiger partial charge in [-0.25, -0.2) is 0 Å². The highest BCUT2D eigenvalue weighted by atomic mass is 16.1. The molecule has 0 radical (unpaired) electrons. The van der Waals surface area contributed by atoms with Gasteiger partial charge in [0.1, 0.15) is 0 Å². The SMILES string of the molecule is CNC(=O)c1ccc2c(-c3ccccc3C)ccnc2c1. The molecule has 1 heterocycles. The second kappa shape index (κ2) is 5.37. The summed E-state index contributed by atoms with van der Waals surface area (Å²) in [7, 11) is 1.63. The highest BCUT2D eigenvalue weighted by molar-refractivity contribution is 6.01. The summed E-state index contributed by atoms with van der Waals surface area (Å²) in [5, 5.41) is 3.69. The van der Waals surface area contributed by atoms with Gasteiger partial charge in [0.2, 0.25) is 0 Å². The van der Waals surface area contributed by atoms with Gasteiger partial charge in [-0.1, -0.05) is 30.3 Å². The Morgan fingerprint density at radius 3 is 2.62 bits per heavy atom. The molecular weight excluding hydrogens is 260 g/mol. The molecule has 3 heteroatoms. The van der Waals surface area contributed by atoms with Crippen LogP contribution >= 0.6 is 0 Å². The third-order valence-electron chi connectivity index (χ3n) is 3.67. The van der Waals surface area contributed by atoms with Crippen molar-refractivity contribution in [1.82, 2.24) is 10.3 Å². The summed E-state index contributed by atoms with van der Waals surface area (Å²) in [5.41, 5.74) is 5.01. The molecule has 0 fully saturated rings. The van der Waals surface area contributed by atoms with E-state index in [1.54, 1.807) is 13.2 Å². The molecule has 2 aromatic carbocycles. The second-order valence-corrected chi connectivity index (χ2v) is 4.98. The zero-order chi connectivity index (χ0) is 14.8. The number of amides is 1. The lowest BCUT2D eigenvalue weighted by Crippen LogP contribution is -2.17. The number of nitrogens with zero attached hydrogens (tertiary/aromatic N) is 1. The molecule has 104 valence electrons. The number of carbonyl (C=O) groups is 1. The van der Waals surface area contributed by atoms with Gasteiger partial charge in [0, 0.05) is 24.2 Å². The molecule has 21 heavy (non-hydrogen) atoms. The van der Waals surface area contributed by atoms with Crippen molar-refractivity contribution in [1.29, 1.82) is 0 Å². The quantitative estimate of drug-likeness (QED) is 0.777. The Morgan fingerprint density at radius 2 is 1.86 bits per heavy atom. The summed E-state index contributed by atoms with van der Waals surface area (Å²) in [6.07, 6.45) is 1.79. The van der Waals surface area contributed by atoms with Gasteiger partial charge in [-0.15, -0.1) is 0 Å². The lowest BCUT2D eigenvalue weighted by atomic mass is 9.97. The molecule has 3 rings (SSSR count). The highest BCUT2D eigenvalue weighted by Gasteiger charge is 2.09. The maximum absolute atomic E-state index is 11.7. The molecule has 1 amide bonds. The Labute approximate surface area is 123 Å². The van der Waals surface area contributed by atoms with Gasteiger partial charge in [-0.2, -0.15) is 0 Å². The second-order valence-electron chi connectivity index (χ2n) is 4.98. The van der Waals surface area contributed by atoms with Crippen LogP contribution in [-0.2, 0) is 0 Å². The van der Waals surface area contributed by atoms with Crippen LogP contribution in [0.2, 0.25) is 0 Å². The zero-order valence-electron chi connectivity index (χ0n) is 12.1. The van der Waals surface area contributed by atoms with Crippen molar-refractivity contribution < 1.29 is 4.79 Å². The summed E-state index contributed by atoms with van der Waals surface area (Å²) in [6.45, 7) is 2.10. The van der Waals surface area contributed by atoms with Crippen LogP contribution < -0.4 is 5.32 Å². The first-order chi connectivity index (χ1) is 10.2. The molecule has 0 aliphatic rings. The fourth-order valence-electron chi connectivity index (χ4n) is 2.54. The molecule has 3 aromatic rings. The molecular formula is C18H16N2O. The molecule has 0 bridgehead atoms. The van der Waals surface area contributed by atoms with E-state index in [-0.39, 0.29) is 5.91 Å². The first kappa shape index (κ1) is 13.3. The first-order valence-corrected chi connectivity index (χ1v) is 6.87. The van der Waals surface area contributed by atoms with E-state index in [1.165, 1.54) is 11.1 Å². The Hall–Kier alpha value is -2.68. The summed E-state index contributed by atoms with van der Waals surface area (Å²) in [6, 6.07) is 15.9. The fraction of sp³-hybridized carbons (Fsp3) is 0.111. The lowest BCUT2D eigenvalue weighted by Gasteiger charge is -2.10. The minimum Gasteiger partial charge on any atom is -0.355 e. The molecule has 0 atom stereocenters. The highest BCUT2D eigenvalue weighted by Crippen LogP contribution is 2.30. The average Bonchev–Trinajstić information content (AvgIpc) is 2.53. The van der Waals surface area contributed by atoms with Gasteiger partial charge in [0.25, 0.3) is 5.91 Å². The van der Waals surface area contributed by atoms with Gasteiger partial charge in [0.05, 0.1) is 5.52 Å². The Bertz CT molecular complexity index is 824. The number of aryl methyl sites for hydroxylation is 1. The average molecular weight is 276 g/mol. The van der Waals surface area contributed by atoms with Crippen LogP contribution in [0.5, 0.6) is 0 Å². The Morgan fingerprint density at radius 1 is 1.05 bits per heavy atom. The third kappa shape index (κ3) is 2.38. The Balaban J connectivity index is 2.22. The van der Waals surface area contributed by atoms with Crippen LogP contribution in [0.4, 0.5) is 0 Å². The van der Waals surface area contributed by atoms with Crippen molar-refractivity contribution in [3.05, 3.63) is 65.9 Å². The van der Waals surface area contributed by atoms with Crippen LogP contribution in [0.25, 0.3) is 22.0 Å². The Kier molecular flexibility index (Phi) is 3.40. The third-order valence-corrected chi connectivity index (χ3v) is 3.67. The topological polar surface area (TPSA) is 42.0 Å². The number of hydrogen-bond donors (Lipinski definition) is 1. The van der Waals surface area contributed by atoms with Crippen LogP contribution in [-0.4, -0.2) is 17.9 Å². The first-order valence-electron chi connectivity index (χ1n) is 6.87. The van der Waals surface area contributed by atoms with Crippen molar-refractivity contribution >= 4 is 16.8 Å². The van der Waals surface area contributed by atoms with E-state index in [0.29, 0.717) is 5.56 Å². The van der Waals surface area contributed by atoms with E-state index in [2.05, 4.69) is 29.4 Å². The number of fused-ring (bicyclic) bond motifs is 1. The number of rotatable bonds is 2. The van der Waals surface area contributed by atoms with Gasteiger partial charge in [-0.05, 0) is 41.8 Å². The smallest absolute Gasteiger partial charge is 0.251 e. The molecule has 1 N–H and O–H groups in total. The molecule has 0 aliphatic carbocycles. The predicted octanol–water partition coefficient (Wildman–Crippen LogP) is 3.57. The summed E-state index contributed by atoms with van der Waals surface area (Å²) >= 11 is 0. The van der Waals surface area contributed by atoms with Crippen LogP contribution in [0.1, 0.15) is 15.9 Å². The molecule has 0 aliphatic heterocycles. The molecule has 0 spiro atoms. The van der Waals surface area contributed by atoms with Gasteiger partial charge >= 0.3 is 0 Å². The predicted molar refractivity (Wildman–Crippen MR) is 85.3 cm³/mol. The normalized spacial score (nSPS) is 10.6.